The van der Waals surface area contributed by atoms with Crippen LogP contribution in [0.4, 0.5) is 4.39 Å². The van der Waals surface area contributed by atoms with Crippen LogP contribution in [0.5, 0.6) is 0 Å². The lowest BCUT2D eigenvalue weighted by atomic mass is 9.87. The van der Waals surface area contributed by atoms with E-state index in [2.05, 4.69) is 4.74 Å². The van der Waals surface area contributed by atoms with Crippen LogP contribution in [0.2, 0.25) is 0 Å². The number of carbonyl (C=O) groups is 1. The second kappa shape index (κ2) is 4.74. The van der Waals surface area contributed by atoms with Gasteiger partial charge in [0.05, 0.1) is 13.2 Å². The van der Waals surface area contributed by atoms with Gasteiger partial charge in [0.1, 0.15) is 0 Å². The maximum Gasteiger partial charge on any atom is 0.349 e. The fourth-order valence-electron chi connectivity index (χ4n) is 1.88. The van der Waals surface area contributed by atoms with Gasteiger partial charge in [-0.1, -0.05) is 42.5 Å². The number of halogens is 1. The molecular weight excluding hydrogens is 233 g/mol. The van der Waals surface area contributed by atoms with Crippen LogP contribution in [0.25, 0.3) is 5.57 Å². The van der Waals surface area contributed by atoms with Crippen molar-refractivity contribution < 1.29 is 13.9 Å². The number of hydrogen-bond donors (Lipinski definition) is 1. The van der Waals surface area contributed by atoms with Crippen molar-refractivity contribution in [2.75, 3.05) is 7.11 Å². The number of esters is 1. The predicted molar refractivity (Wildman–Crippen MR) is 67.4 cm³/mol. The number of alkyl halides is 1. The minimum Gasteiger partial charge on any atom is -0.466 e. The van der Waals surface area contributed by atoms with Crippen molar-refractivity contribution in [3.05, 3.63) is 54.1 Å². The Hall–Kier alpha value is -1.94. The molecule has 0 spiro atoms. The third-order valence-corrected chi connectivity index (χ3v) is 2.96. The molecule has 0 aliphatic heterocycles. The summed E-state index contributed by atoms with van der Waals surface area (Å²) in [5, 5.41) is 0. The van der Waals surface area contributed by atoms with Gasteiger partial charge >= 0.3 is 5.97 Å². The second-order valence-corrected chi connectivity index (χ2v) is 4.11. The summed E-state index contributed by atoms with van der Waals surface area (Å²) in [5.41, 5.74) is 5.15. The van der Waals surface area contributed by atoms with Crippen LogP contribution in [0, 0.1) is 0 Å². The van der Waals surface area contributed by atoms with Crippen molar-refractivity contribution in [1.82, 2.24) is 0 Å². The summed E-state index contributed by atoms with van der Waals surface area (Å²) in [6.07, 6.45) is 4.24. The molecule has 1 aliphatic rings. The van der Waals surface area contributed by atoms with Crippen LogP contribution >= 0.6 is 0 Å². The highest BCUT2D eigenvalue weighted by molar-refractivity contribution is 5.88. The molecule has 18 heavy (non-hydrogen) atoms. The third-order valence-electron chi connectivity index (χ3n) is 2.96. The Morgan fingerprint density at radius 2 is 2.06 bits per heavy atom. The largest absolute Gasteiger partial charge is 0.466 e. The lowest BCUT2D eigenvalue weighted by molar-refractivity contribution is -0.151. The van der Waals surface area contributed by atoms with Crippen molar-refractivity contribution in [3.63, 3.8) is 0 Å². The molecule has 1 aliphatic carbocycles. The Morgan fingerprint density at radius 1 is 1.39 bits per heavy atom. The average molecular weight is 247 g/mol. The minimum atomic E-state index is -2.28. The van der Waals surface area contributed by atoms with E-state index in [9.17, 15) is 9.18 Å². The Labute approximate surface area is 105 Å². The number of hydrogen-bond acceptors (Lipinski definition) is 3. The molecule has 2 unspecified atom stereocenters. The van der Waals surface area contributed by atoms with Crippen molar-refractivity contribution in [1.29, 1.82) is 0 Å². The van der Waals surface area contributed by atoms with Gasteiger partial charge in [0, 0.05) is 0 Å². The van der Waals surface area contributed by atoms with Crippen molar-refractivity contribution in [2.45, 2.75) is 11.7 Å². The zero-order valence-electron chi connectivity index (χ0n) is 9.97. The van der Waals surface area contributed by atoms with E-state index in [0.717, 1.165) is 24.3 Å². The van der Waals surface area contributed by atoms with Crippen LogP contribution in [0.3, 0.4) is 0 Å². The van der Waals surface area contributed by atoms with Crippen molar-refractivity contribution in [2.24, 2.45) is 5.73 Å². The molecule has 2 N–H and O–H groups in total. The topological polar surface area (TPSA) is 52.3 Å². The number of ether oxygens (including phenoxy) is 1. The standard InChI is InChI=1S/C14H14FNO2/c1-18-13(17)14(15)8-7-11(9-12(14)16)10-5-3-2-4-6-10/h2-9,12H,16H2,1H3. The summed E-state index contributed by atoms with van der Waals surface area (Å²) in [5.74, 6) is -0.977. The number of nitrogens with two attached hydrogens (primary N) is 1. The number of rotatable bonds is 2. The lowest BCUT2D eigenvalue weighted by Crippen LogP contribution is -2.49. The van der Waals surface area contributed by atoms with Gasteiger partial charge < -0.3 is 10.5 Å². The summed E-state index contributed by atoms with van der Waals surface area (Å²) in [6.45, 7) is 0. The molecule has 1 aromatic rings. The SMILES string of the molecule is COC(=O)C1(F)C=CC(c2ccccc2)=CC1N. The van der Waals surface area contributed by atoms with E-state index in [1.54, 1.807) is 6.08 Å². The number of carbonyl (C=O) groups excluding carboxylic acids is 1. The molecule has 0 bridgehead atoms. The summed E-state index contributed by atoms with van der Waals surface area (Å²) in [4.78, 5) is 11.4. The molecule has 0 radical (unpaired) electrons. The highest BCUT2D eigenvalue weighted by Crippen LogP contribution is 2.29. The molecule has 3 nitrogen and oxygen atoms in total. The highest BCUT2D eigenvalue weighted by Gasteiger charge is 2.44. The first kappa shape index (κ1) is 12.5. The maximum atomic E-state index is 14.3. The first-order valence-corrected chi connectivity index (χ1v) is 5.57. The molecule has 0 saturated carbocycles. The smallest absolute Gasteiger partial charge is 0.349 e. The van der Waals surface area contributed by atoms with Crippen LogP contribution in [0.15, 0.2) is 48.6 Å². The number of methoxy groups -OCH3 is 1. The van der Waals surface area contributed by atoms with Gasteiger partial charge in [0.2, 0.25) is 5.67 Å². The molecule has 1 aromatic carbocycles. The van der Waals surface area contributed by atoms with Gasteiger partial charge in [-0.3, -0.25) is 0 Å². The lowest BCUT2D eigenvalue weighted by Gasteiger charge is -2.27. The van der Waals surface area contributed by atoms with Gasteiger partial charge in [-0.05, 0) is 17.2 Å². The van der Waals surface area contributed by atoms with Crippen LogP contribution in [-0.4, -0.2) is 24.8 Å². The van der Waals surface area contributed by atoms with Crippen LogP contribution in [-0.2, 0) is 9.53 Å². The summed E-state index contributed by atoms with van der Waals surface area (Å²) in [6, 6.07) is 8.40. The van der Waals surface area contributed by atoms with Crippen LogP contribution < -0.4 is 5.73 Å². The van der Waals surface area contributed by atoms with Gasteiger partial charge in [0.25, 0.3) is 0 Å². The Balaban J connectivity index is 2.30. The predicted octanol–water partition coefficient (Wildman–Crippen LogP) is 1.85. The third kappa shape index (κ3) is 2.07. The van der Waals surface area contributed by atoms with E-state index in [1.807, 2.05) is 30.3 Å². The Morgan fingerprint density at radius 3 is 2.61 bits per heavy atom. The normalized spacial score (nSPS) is 26.6. The minimum absolute atomic E-state index is 0.792. The second-order valence-electron chi connectivity index (χ2n) is 4.11. The molecule has 2 rings (SSSR count). The van der Waals surface area contributed by atoms with E-state index in [0.29, 0.717) is 0 Å². The Kier molecular flexibility index (Phi) is 3.30. The van der Waals surface area contributed by atoms with E-state index < -0.39 is 17.7 Å². The van der Waals surface area contributed by atoms with E-state index in [4.69, 9.17) is 5.73 Å². The maximum absolute atomic E-state index is 14.3. The van der Waals surface area contributed by atoms with E-state index in [-0.39, 0.29) is 0 Å². The number of allylic oxidation sites excluding steroid dienone is 2. The zero-order chi connectivity index (χ0) is 13.2. The summed E-state index contributed by atoms with van der Waals surface area (Å²) >= 11 is 0. The van der Waals surface area contributed by atoms with Crippen molar-refractivity contribution in [3.8, 4) is 0 Å². The first-order chi connectivity index (χ1) is 8.58. The molecule has 0 aromatic heterocycles. The van der Waals surface area contributed by atoms with Gasteiger partial charge in [-0.2, -0.15) is 0 Å². The quantitative estimate of drug-likeness (QED) is 0.811. The first-order valence-electron chi connectivity index (χ1n) is 5.57. The van der Waals surface area contributed by atoms with Crippen molar-refractivity contribution >= 4 is 11.5 Å². The molecule has 94 valence electrons. The molecule has 2 atom stereocenters. The van der Waals surface area contributed by atoms with Gasteiger partial charge in [0.15, 0.2) is 0 Å². The van der Waals surface area contributed by atoms with E-state index >= 15 is 0 Å². The molecule has 4 heteroatoms. The molecule has 0 amide bonds. The zero-order valence-corrected chi connectivity index (χ0v) is 9.97. The fourth-order valence-corrected chi connectivity index (χ4v) is 1.88. The molecule has 0 saturated heterocycles. The van der Waals surface area contributed by atoms with Gasteiger partial charge in [-0.15, -0.1) is 0 Å². The Bertz CT molecular complexity index is 510. The van der Waals surface area contributed by atoms with Crippen LogP contribution in [0.1, 0.15) is 5.56 Å². The number of benzene rings is 1. The summed E-state index contributed by atoms with van der Waals surface area (Å²) in [7, 11) is 1.14. The monoisotopic (exact) mass is 247 g/mol. The van der Waals surface area contributed by atoms with E-state index in [1.165, 1.54) is 6.08 Å². The fraction of sp³-hybridized carbons (Fsp3) is 0.214. The molecule has 0 fully saturated rings. The molecule has 0 heterocycles. The highest BCUT2D eigenvalue weighted by atomic mass is 19.1. The van der Waals surface area contributed by atoms with Gasteiger partial charge in [-0.25, -0.2) is 9.18 Å². The molecular formula is C14H14FNO2. The summed E-state index contributed by atoms with van der Waals surface area (Å²) < 4.78 is 18.7. The average Bonchev–Trinajstić information content (AvgIpc) is 2.42.